The molecule has 10 nitrogen and oxygen atoms in total. The van der Waals surface area contributed by atoms with E-state index in [0.717, 1.165) is 19.2 Å². The minimum atomic E-state index is -4.33. The Bertz CT molecular complexity index is 743. The smallest absolute Gasteiger partial charge is 0.422 e. The van der Waals surface area contributed by atoms with Crippen molar-refractivity contribution in [1.82, 2.24) is 4.72 Å². The Balaban J connectivity index is 3.20. The second-order valence-corrected chi connectivity index (χ2v) is 6.58. The highest BCUT2D eigenvalue weighted by molar-refractivity contribution is 7.91. The van der Waals surface area contributed by atoms with E-state index in [9.17, 15) is 21.6 Å². The maximum atomic E-state index is 11.6. The van der Waals surface area contributed by atoms with Crippen LogP contribution >= 0.6 is 0 Å². The summed E-state index contributed by atoms with van der Waals surface area (Å²) in [7, 11) is -6.14. The van der Waals surface area contributed by atoms with Crippen molar-refractivity contribution in [3.63, 3.8) is 0 Å². The molecule has 0 radical (unpaired) electrons. The summed E-state index contributed by atoms with van der Waals surface area (Å²) in [5, 5.41) is 4.95. The van der Waals surface area contributed by atoms with Crippen molar-refractivity contribution in [1.29, 1.82) is 0 Å². The molecule has 21 heavy (non-hydrogen) atoms. The van der Waals surface area contributed by atoms with Gasteiger partial charge in [0.25, 0.3) is 0 Å². The fourth-order valence-corrected chi connectivity index (χ4v) is 2.61. The van der Waals surface area contributed by atoms with Gasteiger partial charge >= 0.3 is 16.3 Å². The Hall–Kier alpha value is -2.05. The second-order valence-electron chi connectivity index (χ2n) is 3.61. The third-order valence-electron chi connectivity index (χ3n) is 2.15. The lowest BCUT2D eigenvalue weighted by molar-refractivity contribution is 0.177. The van der Waals surface area contributed by atoms with Crippen LogP contribution in [0, 0.1) is 0 Å². The van der Waals surface area contributed by atoms with E-state index in [1.807, 2.05) is 4.72 Å². The van der Waals surface area contributed by atoms with Crippen molar-refractivity contribution in [3.8, 4) is 5.75 Å². The largest absolute Gasteiger partial charge is 0.495 e. The van der Waals surface area contributed by atoms with Crippen molar-refractivity contribution < 1.29 is 31.1 Å². The first-order valence-electron chi connectivity index (χ1n) is 5.18. The maximum absolute atomic E-state index is 11.6. The third kappa shape index (κ3) is 4.77. The lowest BCUT2D eigenvalue weighted by atomic mass is 10.3. The van der Waals surface area contributed by atoms with Crippen molar-refractivity contribution >= 4 is 32.0 Å². The number of hydrogen-bond donors (Lipinski definition) is 3. The Morgan fingerprint density at radius 2 is 1.81 bits per heavy atom. The summed E-state index contributed by atoms with van der Waals surface area (Å²) < 4.78 is 58.3. The molecular formula is C9H13N3O7S2. The number of sulfonamides is 1. The van der Waals surface area contributed by atoms with E-state index in [1.165, 1.54) is 17.9 Å². The summed E-state index contributed by atoms with van der Waals surface area (Å²) in [5.74, 6) is 0.0256. The molecule has 0 bridgehead atoms. The van der Waals surface area contributed by atoms with Crippen LogP contribution in [0.15, 0.2) is 23.1 Å². The molecule has 0 unspecified atom stereocenters. The van der Waals surface area contributed by atoms with E-state index in [2.05, 4.69) is 4.74 Å². The highest BCUT2D eigenvalue weighted by Gasteiger charge is 2.19. The topological polar surface area (TPSA) is 154 Å². The Kier molecular flexibility index (Phi) is 4.98. The van der Waals surface area contributed by atoms with Gasteiger partial charge in [0.1, 0.15) is 5.75 Å². The van der Waals surface area contributed by atoms with Crippen LogP contribution in [0.3, 0.4) is 0 Å². The number of amides is 1. The zero-order valence-electron chi connectivity index (χ0n) is 11.0. The quantitative estimate of drug-likeness (QED) is 0.644. The highest BCUT2D eigenvalue weighted by Crippen LogP contribution is 2.27. The first-order valence-corrected chi connectivity index (χ1v) is 8.21. The molecule has 0 saturated carbocycles. The minimum Gasteiger partial charge on any atom is -0.495 e. The molecule has 0 aliphatic heterocycles. The average Bonchev–Trinajstić information content (AvgIpc) is 2.36. The highest BCUT2D eigenvalue weighted by atomic mass is 32.2. The van der Waals surface area contributed by atoms with Gasteiger partial charge in [-0.2, -0.15) is 8.42 Å². The van der Waals surface area contributed by atoms with Gasteiger partial charge in [0, 0.05) is 0 Å². The molecule has 0 aromatic heterocycles. The number of anilines is 1. The van der Waals surface area contributed by atoms with Crippen LogP contribution < -0.4 is 19.3 Å². The van der Waals surface area contributed by atoms with E-state index in [4.69, 9.17) is 9.88 Å². The molecule has 1 rings (SSSR count). The van der Waals surface area contributed by atoms with Gasteiger partial charge in [0.05, 0.1) is 24.8 Å². The number of carbonyl (C=O) groups excluding carboxylic acids is 1. The van der Waals surface area contributed by atoms with Gasteiger partial charge in [-0.15, -0.1) is 0 Å². The number of nitrogens with one attached hydrogen (secondary N) is 2. The molecule has 1 aromatic rings. The van der Waals surface area contributed by atoms with Crippen molar-refractivity contribution in [2.75, 3.05) is 18.9 Å². The van der Waals surface area contributed by atoms with E-state index < -0.39 is 26.3 Å². The fourth-order valence-electron chi connectivity index (χ4n) is 1.27. The number of rotatable bonds is 5. The average molecular weight is 339 g/mol. The summed E-state index contributed by atoms with van der Waals surface area (Å²) in [6.07, 6.45) is -1.22. The lowest BCUT2D eigenvalue weighted by Gasteiger charge is -2.12. The van der Waals surface area contributed by atoms with E-state index in [-0.39, 0.29) is 16.3 Å². The zero-order chi connectivity index (χ0) is 16.3. The number of primary sulfonamides is 1. The molecule has 0 fully saturated rings. The SMILES string of the molecule is COC(=O)NS(=O)(=O)Nc1cc(S(N)(=O)=O)ccc1OC. The number of nitrogens with two attached hydrogens (primary N) is 1. The summed E-state index contributed by atoms with van der Waals surface area (Å²) in [6.45, 7) is 0. The van der Waals surface area contributed by atoms with Crippen LogP contribution in [0.4, 0.5) is 10.5 Å². The Morgan fingerprint density at radius 1 is 1.19 bits per heavy atom. The Morgan fingerprint density at radius 3 is 2.29 bits per heavy atom. The third-order valence-corrected chi connectivity index (χ3v) is 3.98. The monoisotopic (exact) mass is 339 g/mol. The molecule has 0 atom stereocenters. The molecular weight excluding hydrogens is 326 g/mol. The van der Waals surface area contributed by atoms with Gasteiger partial charge in [-0.1, -0.05) is 0 Å². The fraction of sp³-hybridized carbons (Fsp3) is 0.222. The molecule has 0 saturated heterocycles. The van der Waals surface area contributed by atoms with Crippen molar-refractivity contribution in [3.05, 3.63) is 18.2 Å². The molecule has 118 valence electrons. The molecule has 1 aromatic carbocycles. The molecule has 12 heteroatoms. The van der Waals surface area contributed by atoms with Crippen molar-refractivity contribution in [2.24, 2.45) is 5.14 Å². The van der Waals surface area contributed by atoms with Crippen LogP contribution in [0.2, 0.25) is 0 Å². The normalized spacial score (nSPS) is 11.6. The molecule has 0 aliphatic rings. The first kappa shape index (κ1) is 17.0. The molecule has 0 aliphatic carbocycles. The summed E-state index contributed by atoms with van der Waals surface area (Å²) in [6, 6.07) is 3.29. The first-order chi connectivity index (χ1) is 9.59. The number of ether oxygens (including phenoxy) is 2. The van der Waals surface area contributed by atoms with Crippen LogP contribution in [-0.4, -0.2) is 37.1 Å². The predicted molar refractivity (Wildman–Crippen MR) is 72.5 cm³/mol. The molecule has 1 amide bonds. The van der Waals surface area contributed by atoms with Crippen LogP contribution in [-0.2, 0) is 25.0 Å². The van der Waals surface area contributed by atoms with Gasteiger partial charge in [-0.3, -0.25) is 4.72 Å². The van der Waals surface area contributed by atoms with Crippen LogP contribution in [0.25, 0.3) is 0 Å². The van der Waals surface area contributed by atoms with Gasteiger partial charge in [0.15, 0.2) is 0 Å². The number of benzene rings is 1. The number of hydrogen-bond acceptors (Lipinski definition) is 7. The van der Waals surface area contributed by atoms with Crippen molar-refractivity contribution in [2.45, 2.75) is 4.90 Å². The van der Waals surface area contributed by atoms with Crippen LogP contribution in [0.5, 0.6) is 5.75 Å². The van der Waals surface area contributed by atoms with E-state index >= 15 is 0 Å². The summed E-state index contributed by atoms with van der Waals surface area (Å²) >= 11 is 0. The predicted octanol–water partition coefficient (Wildman–Crippen LogP) is -0.645. The van der Waals surface area contributed by atoms with E-state index in [1.54, 1.807) is 0 Å². The lowest BCUT2D eigenvalue weighted by Crippen LogP contribution is -2.35. The van der Waals surface area contributed by atoms with Gasteiger partial charge in [-0.25, -0.2) is 23.1 Å². The number of methoxy groups -OCH3 is 2. The van der Waals surface area contributed by atoms with Gasteiger partial charge < -0.3 is 9.47 Å². The standard InChI is InChI=1S/C9H13N3O7S2/c1-18-8-4-3-6(20(10,14)15)5-7(8)11-21(16,17)12-9(13)19-2/h3-5,11H,1-2H3,(H,12,13)(H2,10,14,15). The van der Waals surface area contributed by atoms with Gasteiger partial charge in [-0.05, 0) is 18.2 Å². The maximum Gasteiger partial charge on any atom is 0.422 e. The van der Waals surface area contributed by atoms with Crippen LogP contribution in [0.1, 0.15) is 0 Å². The molecule has 0 spiro atoms. The Labute approximate surface area is 121 Å². The van der Waals surface area contributed by atoms with E-state index in [0.29, 0.717) is 0 Å². The molecule has 4 N–H and O–H groups in total. The zero-order valence-corrected chi connectivity index (χ0v) is 12.6. The summed E-state index contributed by atoms with van der Waals surface area (Å²) in [5.41, 5.74) is -0.222. The molecule has 0 heterocycles. The minimum absolute atomic E-state index is 0.0256. The summed E-state index contributed by atoms with van der Waals surface area (Å²) in [4.78, 5) is 10.6. The number of carbonyl (C=O) groups is 1. The second kappa shape index (κ2) is 6.15. The van der Waals surface area contributed by atoms with Gasteiger partial charge in [0.2, 0.25) is 10.0 Å².